The number of rotatable bonds is 6. The quantitative estimate of drug-likeness (QED) is 0.475. The fourth-order valence-electron chi connectivity index (χ4n) is 2.24. The second kappa shape index (κ2) is 7.95. The molecule has 12 heteroatoms. The first-order valence-corrected chi connectivity index (χ1v) is 8.60. The average molecular weight is 430 g/mol. The fraction of sp³-hybridized carbons (Fsp3) is 0.133. The molecule has 0 atom stereocenters. The molecule has 0 unspecified atom stereocenters. The van der Waals surface area contributed by atoms with Crippen LogP contribution in [0.5, 0.6) is 0 Å². The highest BCUT2D eigenvalue weighted by Gasteiger charge is 2.16. The van der Waals surface area contributed by atoms with E-state index in [-0.39, 0.29) is 23.2 Å². The van der Waals surface area contributed by atoms with Crippen molar-refractivity contribution in [1.82, 2.24) is 19.6 Å². The predicted molar refractivity (Wildman–Crippen MR) is 100 cm³/mol. The number of benzene rings is 1. The Bertz CT molecular complexity index is 1020. The molecule has 0 aliphatic rings. The van der Waals surface area contributed by atoms with Gasteiger partial charge in [0, 0.05) is 16.2 Å². The number of carbonyl (C=O) groups excluding carboxylic acids is 1. The highest BCUT2D eigenvalue weighted by molar-refractivity contribution is 6.35. The minimum atomic E-state index is -0.644. The Labute approximate surface area is 167 Å². The summed E-state index contributed by atoms with van der Waals surface area (Å²) >= 11 is 18.1. The molecule has 0 saturated heterocycles. The van der Waals surface area contributed by atoms with Crippen molar-refractivity contribution in [3.8, 4) is 0 Å². The first-order valence-electron chi connectivity index (χ1n) is 7.46. The van der Waals surface area contributed by atoms with Gasteiger partial charge in [-0.05, 0) is 22.6 Å². The van der Waals surface area contributed by atoms with Crippen molar-refractivity contribution in [2.75, 3.05) is 5.32 Å². The van der Waals surface area contributed by atoms with Gasteiger partial charge in [-0.15, -0.1) is 0 Å². The van der Waals surface area contributed by atoms with Crippen LogP contribution < -0.4 is 5.32 Å². The highest BCUT2D eigenvalue weighted by atomic mass is 35.5. The van der Waals surface area contributed by atoms with Gasteiger partial charge < -0.3 is 15.4 Å². The van der Waals surface area contributed by atoms with Gasteiger partial charge in [0.15, 0.2) is 5.82 Å². The molecular weight excluding hydrogens is 419 g/mol. The lowest BCUT2D eigenvalue weighted by atomic mass is 10.2. The number of nitrogens with zero attached hydrogens (tertiary/aromatic N) is 5. The summed E-state index contributed by atoms with van der Waals surface area (Å²) in [7, 11) is 0. The lowest BCUT2D eigenvalue weighted by Crippen LogP contribution is -2.19. The molecule has 2 heterocycles. The summed E-state index contributed by atoms with van der Waals surface area (Å²) in [6.07, 6.45) is 2.88. The van der Waals surface area contributed by atoms with Crippen molar-refractivity contribution in [1.29, 1.82) is 0 Å². The van der Waals surface area contributed by atoms with Crippen LogP contribution in [0.4, 0.5) is 11.6 Å². The van der Waals surface area contributed by atoms with Crippen LogP contribution in [0, 0.1) is 10.1 Å². The van der Waals surface area contributed by atoms with Gasteiger partial charge in [-0.3, -0.25) is 9.48 Å². The van der Waals surface area contributed by atoms with E-state index >= 15 is 0 Å². The number of nitrogens with one attached hydrogen (secondary N) is 1. The molecule has 27 heavy (non-hydrogen) atoms. The monoisotopic (exact) mass is 428 g/mol. The lowest BCUT2D eigenvalue weighted by molar-refractivity contribution is -0.389. The van der Waals surface area contributed by atoms with Crippen LogP contribution in [0.25, 0.3) is 0 Å². The van der Waals surface area contributed by atoms with Crippen molar-refractivity contribution in [3.63, 3.8) is 0 Å². The van der Waals surface area contributed by atoms with Gasteiger partial charge in [-0.25, -0.2) is 0 Å². The van der Waals surface area contributed by atoms with E-state index < -0.39 is 10.8 Å². The molecule has 0 saturated carbocycles. The molecular formula is C15H11Cl3N6O3. The molecule has 3 rings (SSSR count). The minimum absolute atomic E-state index is 0.161. The third-order valence-electron chi connectivity index (χ3n) is 3.44. The third kappa shape index (κ3) is 4.76. The van der Waals surface area contributed by atoms with Crippen LogP contribution >= 0.6 is 34.8 Å². The topological polar surface area (TPSA) is 108 Å². The number of hydrogen-bond acceptors (Lipinski definition) is 5. The Morgan fingerprint density at radius 2 is 1.93 bits per heavy atom. The van der Waals surface area contributed by atoms with Gasteiger partial charge in [-0.1, -0.05) is 40.9 Å². The van der Waals surface area contributed by atoms with Crippen molar-refractivity contribution in [2.24, 2.45) is 0 Å². The highest BCUT2D eigenvalue weighted by Crippen LogP contribution is 2.24. The van der Waals surface area contributed by atoms with E-state index in [1.54, 1.807) is 24.4 Å². The second-order valence-corrected chi connectivity index (χ2v) is 6.69. The second-order valence-electron chi connectivity index (χ2n) is 5.44. The van der Waals surface area contributed by atoms with E-state index in [4.69, 9.17) is 34.8 Å². The third-order valence-corrected chi connectivity index (χ3v) is 4.31. The minimum Gasteiger partial charge on any atom is -0.358 e. The Hall–Kier alpha value is -2.62. The van der Waals surface area contributed by atoms with Crippen LogP contribution in [0.15, 0.2) is 36.7 Å². The van der Waals surface area contributed by atoms with E-state index in [0.717, 1.165) is 10.2 Å². The lowest BCUT2D eigenvalue weighted by Gasteiger charge is -2.05. The number of hydrogen-bond donors (Lipinski definition) is 1. The number of aromatic nitrogens is 4. The molecule has 0 bridgehead atoms. The molecule has 9 nitrogen and oxygen atoms in total. The summed E-state index contributed by atoms with van der Waals surface area (Å²) in [5.41, 5.74) is 0.780. The summed E-state index contributed by atoms with van der Waals surface area (Å²) in [6, 6.07) is 6.29. The average Bonchev–Trinajstić information content (AvgIpc) is 3.17. The first kappa shape index (κ1) is 19.2. The largest absolute Gasteiger partial charge is 0.389 e. The zero-order valence-electron chi connectivity index (χ0n) is 13.5. The normalized spacial score (nSPS) is 10.8. The van der Waals surface area contributed by atoms with Crippen LogP contribution in [0.2, 0.25) is 15.1 Å². The van der Waals surface area contributed by atoms with Crippen molar-refractivity contribution in [2.45, 2.75) is 13.1 Å². The van der Waals surface area contributed by atoms with Gasteiger partial charge in [0.25, 0.3) is 0 Å². The molecule has 0 spiro atoms. The maximum atomic E-state index is 12.1. The summed E-state index contributed by atoms with van der Waals surface area (Å²) in [5, 5.41) is 22.3. The number of nitro groups is 1. The maximum Gasteiger partial charge on any atom is 0.389 e. The summed E-state index contributed by atoms with van der Waals surface area (Å²) < 4.78 is 2.66. The number of amides is 1. The fourth-order valence-corrected chi connectivity index (χ4v) is 2.91. The SMILES string of the molecule is O=C(Cn1ccc([N+](=O)[O-])n1)Nc1nn(Cc2ccc(Cl)cc2Cl)cc1Cl. The van der Waals surface area contributed by atoms with Crippen molar-refractivity contribution in [3.05, 3.63) is 67.4 Å². The van der Waals surface area contributed by atoms with Gasteiger partial charge in [0.1, 0.15) is 11.6 Å². The Balaban J connectivity index is 1.66. The molecule has 1 amide bonds. The number of anilines is 1. The van der Waals surface area contributed by atoms with Crippen LogP contribution in [0.3, 0.4) is 0 Å². The number of halogens is 3. The molecule has 1 aromatic carbocycles. The zero-order chi connectivity index (χ0) is 19.6. The van der Waals surface area contributed by atoms with Crippen molar-refractivity contribution < 1.29 is 9.72 Å². The van der Waals surface area contributed by atoms with Crippen LogP contribution in [0.1, 0.15) is 5.56 Å². The molecule has 3 aromatic rings. The van der Waals surface area contributed by atoms with E-state index in [1.165, 1.54) is 16.9 Å². The summed E-state index contributed by atoms with van der Waals surface area (Å²) in [4.78, 5) is 22.1. The van der Waals surface area contributed by atoms with Crippen LogP contribution in [-0.4, -0.2) is 30.4 Å². The summed E-state index contributed by atoms with van der Waals surface area (Å²) in [5.74, 6) is -0.664. The Kier molecular flexibility index (Phi) is 5.64. The van der Waals surface area contributed by atoms with Gasteiger partial charge in [0.2, 0.25) is 5.91 Å². The van der Waals surface area contributed by atoms with Gasteiger partial charge in [0.05, 0.1) is 23.9 Å². The van der Waals surface area contributed by atoms with Crippen molar-refractivity contribution >= 4 is 52.3 Å². The smallest absolute Gasteiger partial charge is 0.358 e. The van der Waals surface area contributed by atoms with Gasteiger partial charge >= 0.3 is 5.82 Å². The molecule has 0 aliphatic heterocycles. The zero-order valence-corrected chi connectivity index (χ0v) is 15.7. The first-order chi connectivity index (χ1) is 12.8. The van der Waals surface area contributed by atoms with E-state index in [0.29, 0.717) is 16.6 Å². The molecule has 0 radical (unpaired) electrons. The molecule has 140 valence electrons. The summed E-state index contributed by atoms with van der Waals surface area (Å²) in [6.45, 7) is 0.108. The van der Waals surface area contributed by atoms with E-state index in [1.807, 2.05) is 0 Å². The molecule has 2 aromatic heterocycles. The Morgan fingerprint density at radius 3 is 2.59 bits per heavy atom. The van der Waals surface area contributed by atoms with E-state index in [2.05, 4.69) is 15.5 Å². The van der Waals surface area contributed by atoms with E-state index in [9.17, 15) is 14.9 Å². The van der Waals surface area contributed by atoms with Gasteiger partial charge in [-0.2, -0.15) is 9.78 Å². The van der Waals surface area contributed by atoms with Crippen LogP contribution in [-0.2, 0) is 17.9 Å². The number of carbonyl (C=O) groups is 1. The Morgan fingerprint density at radius 1 is 1.15 bits per heavy atom. The molecule has 0 aliphatic carbocycles. The molecule has 0 fully saturated rings. The standard InChI is InChI=1S/C15H11Cl3N6O3/c16-10-2-1-9(11(17)5-10)6-23-7-12(18)15(21-23)19-14(25)8-22-4-3-13(20-22)24(26)27/h1-5,7H,6,8H2,(H,19,21,25). The molecule has 1 N–H and O–H groups in total. The predicted octanol–water partition coefficient (Wildman–Crippen LogP) is 3.64. The maximum absolute atomic E-state index is 12.1.